The van der Waals surface area contributed by atoms with Gasteiger partial charge in [-0.25, -0.2) is 4.39 Å². The van der Waals surface area contributed by atoms with Crippen LogP contribution in [0, 0.1) is 5.82 Å². The number of amides is 1. The monoisotopic (exact) mass is 254 g/mol. The number of rotatable bonds is 6. The number of carbonyl (C=O) groups excluding carboxylic acids is 1. The molecule has 100 valence electrons. The Hall–Kier alpha value is -1.62. The summed E-state index contributed by atoms with van der Waals surface area (Å²) in [6.45, 7) is 2.50. The largest absolute Gasteiger partial charge is 0.494 e. The minimum absolute atomic E-state index is 0.0629. The lowest BCUT2D eigenvalue weighted by molar-refractivity contribution is 0.0952. The van der Waals surface area contributed by atoms with Gasteiger partial charge in [-0.05, 0) is 31.0 Å². The lowest BCUT2D eigenvalue weighted by Gasteiger charge is -2.10. The molecule has 0 saturated heterocycles. The molecule has 0 aliphatic carbocycles. The van der Waals surface area contributed by atoms with Crippen molar-refractivity contribution in [2.45, 2.75) is 25.8 Å². The molecule has 0 fully saturated rings. The van der Waals surface area contributed by atoms with Gasteiger partial charge in [0.05, 0.1) is 7.11 Å². The predicted octanol–water partition coefficient (Wildman–Crippen LogP) is 1.69. The highest BCUT2D eigenvalue weighted by Crippen LogP contribution is 2.17. The summed E-state index contributed by atoms with van der Waals surface area (Å²) in [5.74, 6) is -0.674. The highest BCUT2D eigenvalue weighted by molar-refractivity contribution is 5.94. The topological polar surface area (TPSA) is 64.3 Å². The zero-order valence-corrected chi connectivity index (χ0v) is 10.7. The van der Waals surface area contributed by atoms with Crippen molar-refractivity contribution in [3.05, 3.63) is 29.6 Å². The van der Waals surface area contributed by atoms with Crippen LogP contribution in [-0.4, -0.2) is 25.6 Å². The second-order valence-electron chi connectivity index (χ2n) is 4.06. The molecular weight excluding hydrogens is 235 g/mol. The van der Waals surface area contributed by atoms with Crippen molar-refractivity contribution >= 4 is 5.91 Å². The first-order valence-corrected chi connectivity index (χ1v) is 5.95. The molecule has 0 aliphatic heterocycles. The fourth-order valence-electron chi connectivity index (χ4n) is 1.48. The normalized spacial score (nSPS) is 12.0. The Kier molecular flexibility index (Phi) is 5.58. The molecule has 5 heteroatoms. The molecule has 1 unspecified atom stereocenters. The van der Waals surface area contributed by atoms with E-state index in [1.165, 1.54) is 25.3 Å². The second-order valence-corrected chi connectivity index (χ2v) is 4.06. The predicted molar refractivity (Wildman–Crippen MR) is 68.2 cm³/mol. The summed E-state index contributed by atoms with van der Waals surface area (Å²) in [5, 5.41) is 2.74. The Morgan fingerprint density at radius 1 is 1.56 bits per heavy atom. The zero-order chi connectivity index (χ0) is 13.5. The highest BCUT2D eigenvalue weighted by Gasteiger charge is 2.10. The molecule has 1 aromatic rings. The molecule has 18 heavy (non-hydrogen) atoms. The number of ether oxygens (including phenoxy) is 1. The fourth-order valence-corrected chi connectivity index (χ4v) is 1.48. The molecule has 1 atom stereocenters. The third-order valence-corrected chi connectivity index (χ3v) is 2.74. The number of nitrogens with two attached hydrogens (primary N) is 1. The van der Waals surface area contributed by atoms with E-state index in [2.05, 4.69) is 5.32 Å². The van der Waals surface area contributed by atoms with Crippen LogP contribution in [0.1, 0.15) is 30.1 Å². The Bertz CT molecular complexity index is 410. The Morgan fingerprint density at radius 2 is 2.28 bits per heavy atom. The number of hydrogen-bond donors (Lipinski definition) is 2. The SMILES string of the molecule is CCC(N)CCNC(=O)c1ccc(F)c(OC)c1. The van der Waals surface area contributed by atoms with Gasteiger partial charge in [-0.15, -0.1) is 0 Å². The number of benzene rings is 1. The third kappa shape index (κ3) is 4.00. The van der Waals surface area contributed by atoms with Gasteiger partial charge >= 0.3 is 0 Å². The molecule has 0 heterocycles. The van der Waals surface area contributed by atoms with Crippen molar-refractivity contribution in [3.63, 3.8) is 0 Å². The van der Waals surface area contributed by atoms with E-state index in [0.717, 1.165) is 12.8 Å². The minimum Gasteiger partial charge on any atom is -0.494 e. The van der Waals surface area contributed by atoms with Crippen LogP contribution >= 0.6 is 0 Å². The fraction of sp³-hybridized carbons (Fsp3) is 0.462. The maximum absolute atomic E-state index is 13.2. The summed E-state index contributed by atoms with van der Waals surface area (Å²) in [6.07, 6.45) is 1.60. The van der Waals surface area contributed by atoms with Gasteiger partial charge in [0.15, 0.2) is 11.6 Å². The van der Waals surface area contributed by atoms with Crippen molar-refractivity contribution in [3.8, 4) is 5.75 Å². The summed E-state index contributed by atoms with van der Waals surface area (Å²) in [7, 11) is 1.36. The summed E-state index contributed by atoms with van der Waals surface area (Å²) in [4.78, 5) is 11.8. The van der Waals surface area contributed by atoms with Gasteiger partial charge in [0.1, 0.15) is 0 Å². The Morgan fingerprint density at radius 3 is 2.89 bits per heavy atom. The number of halogens is 1. The van der Waals surface area contributed by atoms with Gasteiger partial charge in [-0.2, -0.15) is 0 Å². The zero-order valence-electron chi connectivity index (χ0n) is 10.7. The molecule has 1 rings (SSSR count). The van der Waals surface area contributed by atoms with Crippen molar-refractivity contribution in [1.29, 1.82) is 0 Å². The summed E-state index contributed by atoms with van der Waals surface area (Å²) in [6, 6.07) is 4.11. The summed E-state index contributed by atoms with van der Waals surface area (Å²) >= 11 is 0. The Balaban J connectivity index is 2.56. The number of hydrogen-bond acceptors (Lipinski definition) is 3. The number of carbonyl (C=O) groups is 1. The molecule has 1 amide bonds. The standard InChI is InChI=1S/C13H19FN2O2/c1-3-10(15)6-7-16-13(17)9-4-5-11(14)12(8-9)18-2/h4-5,8,10H,3,6-7,15H2,1-2H3,(H,16,17). The summed E-state index contributed by atoms with van der Waals surface area (Å²) < 4.78 is 18.0. The Labute approximate surface area is 106 Å². The molecule has 0 spiro atoms. The van der Waals surface area contributed by atoms with Gasteiger partial charge in [0.2, 0.25) is 0 Å². The second kappa shape index (κ2) is 6.96. The van der Waals surface area contributed by atoms with E-state index in [4.69, 9.17) is 10.5 Å². The molecule has 0 aliphatic rings. The average Bonchev–Trinajstić information content (AvgIpc) is 2.38. The number of nitrogens with one attached hydrogen (secondary N) is 1. The van der Waals surface area contributed by atoms with E-state index in [1.807, 2.05) is 6.92 Å². The molecular formula is C13H19FN2O2. The summed E-state index contributed by atoms with van der Waals surface area (Å²) in [5.41, 5.74) is 6.12. The first kappa shape index (κ1) is 14.4. The first-order valence-electron chi connectivity index (χ1n) is 5.95. The van der Waals surface area contributed by atoms with Crippen LogP contribution in [-0.2, 0) is 0 Å². The first-order chi connectivity index (χ1) is 8.58. The maximum Gasteiger partial charge on any atom is 0.251 e. The van der Waals surface area contributed by atoms with E-state index >= 15 is 0 Å². The minimum atomic E-state index is -0.484. The molecule has 0 saturated carbocycles. The maximum atomic E-state index is 13.2. The molecule has 3 N–H and O–H groups in total. The van der Waals surface area contributed by atoms with Crippen molar-refractivity contribution < 1.29 is 13.9 Å². The van der Waals surface area contributed by atoms with Gasteiger partial charge in [-0.1, -0.05) is 6.92 Å². The average molecular weight is 254 g/mol. The quantitative estimate of drug-likeness (QED) is 0.812. The number of methoxy groups -OCH3 is 1. The van der Waals surface area contributed by atoms with Crippen molar-refractivity contribution in [2.24, 2.45) is 5.73 Å². The molecule has 4 nitrogen and oxygen atoms in total. The smallest absolute Gasteiger partial charge is 0.251 e. The van der Waals surface area contributed by atoms with Crippen LogP contribution in [0.15, 0.2) is 18.2 Å². The van der Waals surface area contributed by atoms with Gasteiger partial charge in [0.25, 0.3) is 5.91 Å². The van der Waals surface area contributed by atoms with E-state index in [9.17, 15) is 9.18 Å². The van der Waals surface area contributed by atoms with E-state index in [0.29, 0.717) is 12.1 Å². The van der Waals surface area contributed by atoms with Crippen molar-refractivity contribution in [2.75, 3.05) is 13.7 Å². The van der Waals surface area contributed by atoms with E-state index in [1.54, 1.807) is 0 Å². The van der Waals surface area contributed by atoms with E-state index in [-0.39, 0.29) is 17.7 Å². The van der Waals surface area contributed by atoms with Crippen LogP contribution in [0.2, 0.25) is 0 Å². The van der Waals surface area contributed by atoms with Crippen LogP contribution in [0.3, 0.4) is 0 Å². The van der Waals surface area contributed by atoms with Gasteiger partial charge in [0, 0.05) is 18.2 Å². The van der Waals surface area contributed by atoms with Crippen LogP contribution in [0.4, 0.5) is 4.39 Å². The van der Waals surface area contributed by atoms with Crippen LogP contribution < -0.4 is 15.8 Å². The molecule has 0 aromatic heterocycles. The molecule has 1 aromatic carbocycles. The van der Waals surface area contributed by atoms with E-state index < -0.39 is 5.82 Å². The lowest BCUT2D eigenvalue weighted by atomic mass is 10.1. The lowest BCUT2D eigenvalue weighted by Crippen LogP contribution is -2.30. The van der Waals surface area contributed by atoms with Gasteiger partial charge < -0.3 is 15.8 Å². The van der Waals surface area contributed by atoms with Crippen molar-refractivity contribution in [1.82, 2.24) is 5.32 Å². The molecule has 0 bridgehead atoms. The van der Waals surface area contributed by atoms with Crippen LogP contribution in [0.5, 0.6) is 5.75 Å². The third-order valence-electron chi connectivity index (χ3n) is 2.74. The highest BCUT2D eigenvalue weighted by atomic mass is 19.1. The van der Waals surface area contributed by atoms with Gasteiger partial charge in [-0.3, -0.25) is 4.79 Å². The van der Waals surface area contributed by atoms with Crippen LogP contribution in [0.25, 0.3) is 0 Å². The molecule has 0 radical (unpaired) electrons.